The van der Waals surface area contributed by atoms with Gasteiger partial charge in [0.1, 0.15) is 29.0 Å². The minimum absolute atomic E-state index is 0.0142. The van der Waals surface area contributed by atoms with Crippen LogP contribution in [0.3, 0.4) is 0 Å². The summed E-state index contributed by atoms with van der Waals surface area (Å²) in [5, 5.41) is 6.27. The molecule has 0 bridgehead atoms. The first-order chi connectivity index (χ1) is 19.1. The number of hydrogen-bond donors (Lipinski definition) is 4. The Morgan fingerprint density at radius 1 is 1.15 bits per heavy atom. The Morgan fingerprint density at radius 3 is 2.38 bits per heavy atom. The number of carbonyl (C=O) groups is 2. The molecule has 1 heterocycles. The fourth-order valence-corrected chi connectivity index (χ4v) is 5.43. The third kappa shape index (κ3) is 6.04. The summed E-state index contributed by atoms with van der Waals surface area (Å²) in [6, 6.07) is 9.66. The van der Waals surface area contributed by atoms with Gasteiger partial charge in [-0.25, -0.2) is 25.2 Å². The Bertz CT molecular complexity index is 1340. The summed E-state index contributed by atoms with van der Waals surface area (Å²) in [6.07, 6.45) is 3.36. The van der Waals surface area contributed by atoms with Crippen LogP contribution < -0.4 is 22.4 Å². The Morgan fingerprint density at radius 2 is 1.80 bits per heavy atom. The largest absolute Gasteiger partial charge is 0.384 e. The van der Waals surface area contributed by atoms with Crippen molar-refractivity contribution in [2.24, 2.45) is 33.5 Å². The van der Waals surface area contributed by atoms with Crippen molar-refractivity contribution < 1.29 is 18.4 Å². The molecule has 1 saturated carbocycles. The van der Waals surface area contributed by atoms with Crippen molar-refractivity contribution >= 4 is 23.4 Å². The molecule has 9 nitrogen and oxygen atoms in total. The molecular formula is C29H35F2N7O2. The number of hydrazone groups is 1. The number of amidine groups is 1. The molecule has 1 aliphatic carbocycles. The second kappa shape index (κ2) is 12.4. The van der Waals surface area contributed by atoms with Crippen LogP contribution in [-0.4, -0.2) is 34.8 Å². The Labute approximate surface area is 232 Å². The van der Waals surface area contributed by atoms with E-state index in [1.807, 2.05) is 12.1 Å². The molecule has 2 aromatic rings. The number of nitrogens with two attached hydrogens (primary N) is 2. The van der Waals surface area contributed by atoms with E-state index in [1.54, 1.807) is 17.0 Å². The maximum absolute atomic E-state index is 14.1. The lowest BCUT2D eigenvalue weighted by molar-refractivity contribution is -0.123. The molecule has 1 aliphatic heterocycles. The first kappa shape index (κ1) is 28.9. The second-order valence-corrected chi connectivity index (χ2v) is 10.3. The van der Waals surface area contributed by atoms with Gasteiger partial charge in [-0.1, -0.05) is 45.7 Å². The molecule has 0 saturated heterocycles. The lowest BCUT2D eigenvalue weighted by Gasteiger charge is -2.38. The lowest BCUT2D eigenvalue weighted by Crippen LogP contribution is -2.37. The van der Waals surface area contributed by atoms with Crippen molar-refractivity contribution in [2.45, 2.75) is 52.5 Å². The van der Waals surface area contributed by atoms with Gasteiger partial charge in [0.05, 0.1) is 12.6 Å². The monoisotopic (exact) mass is 551 g/mol. The maximum Gasteiger partial charge on any atom is 0.279 e. The van der Waals surface area contributed by atoms with Crippen LogP contribution in [-0.2, 0) is 4.79 Å². The zero-order valence-corrected chi connectivity index (χ0v) is 22.9. The van der Waals surface area contributed by atoms with Crippen molar-refractivity contribution in [1.29, 1.82) is 0 Å². The predicted octanol–water partition coefficient (Wildman–Crippen LogP) is 3.88. The van der Waals surface area contributed by atoms with Crippen molar-refractivity contribution in [2.75, 3.05) is 6.54 Å². The van der Waals surface area contributed by atoms with Crippen LogP contribution in [0.2, 0.25) is 0 Å². The van der Waals surface area contributed by atoms with Gasteiger partial charge < -0.3 is 11.1 Å². The number of aliphatic imine (C=N–C) groups is 1. The Balaban J connectivity index is 1.70. The first-order valence-corrected chi connectivity index (χ1v) is 13.4. The fourth-order valence-electron chi connectivity index (χ4n) is 5.43. The number of unbranched alkanes of at least 4 members (excludes halogenated alkanes) is 1. The van der Waals surface area contributed by atoms with Crippen LogP contribution in [0.25, 0.3) is 0 Å². The fraction of sp³-hybridized carbons (Fsp3) is 0.379. The number of rotatable bonds is 10. The summed E-state index contributed by atoms with van der Waals surface area (Å²) >= 11 is 0. The summed E-state index contributed by atoms with van der Waals surface area (Å²) in [5.41, 5.74) is 10.1. The summed E-state index contributed by atoms with van der Waals surface area (Å²) in [6.45, 7) is 6.27. The van der Waals surface area contributed by atoms with Gasteiger partial charge in [-0.2, -0.15) is 5.10 Å². The molecule has 2 unspecified atom stereocenters. The van der Waals surface area contributed by atoms with E-state index < -0.39 is 17.5 Å². The normalized spacial score (nSPS) is 19.9. The van der Waals surface area contributed by atoms with Crippen LogP contribution in [0.15, 0.2) is 64.0 Å². The van der Waals surface area contributed by atoms with Crippen LogP contribution in [0.4, 0.5) is 8.78 Å². The maximum atomic E-state index is 14.1. The average Bonchev–Trinajstić information content (AvgIpc) is 3.23. The first-order valence-electron chi connectivity index (χ1n) is 13.4. The highest BCUT2D eigenvalue weighted by Crippen LogP contribution is 2.46. The highest BCUT2D eigenvalue weighted by atomic mass is 19.1. The van der Waals surface area contributed by atoms with Crippen LogP contribution in [0.1, 0.15) is 74.0 Å². The predicted molar refractivity (Wildman–Crippen MR) is 150 cm³/mol. The van der Waals surface area contributed by atoms with Crippen molar-refractivity contribution in [3.05, 3.63) is 82.2 Å². The minimum atomic E-state index is -0.771. The van der Waals surface area contributed by atoms with Crippen LogP contribution >= 0.6 is 0 Å². The van der Waals surface area contributed by atoms with Gasteiger partial charge in [0.2, 0.25) is 0 Å². The van der Waals surface area contributed by atoms with E-state index in [4.69, 9.17) is 16.6 Å². The van der Waals surface area contributed by atoms with Gasteiger partial charge in [-0.3, -0.25) is 14.5 Å². The number of nitrogens with zero attached hydrogens (tertiary/aromatic N) is 3. The van der Waals surface area contributed by atoms with Gasteiger partial charge in [-0.15, -0.1) is 0 Å². The molecule has 212 valence electrons. The third-order valence-corrected chi connectivity index (χ3v) is 7.37. The number of amides is 2. The van der Waals surface area contributed by atoms with E-state index in [9.17, 15) is 18.4 Å². The number of hydrazine groups is 1. The van der Waals surface area contributed by atoms with Crippen molar-refractivity contribution in [3.63, 3.8) is 0 Å². The second-order valence-electron chi connectivity index (χ2n) is 10.3. The zero-order valence-electron chi connectivity index (χ0n) is 22.9. The van der Waals surface area contributed by atoms with Gasteiger partial charge in [-0.05, 0) is 60.1 Å². The molecule has 1 fully saturated rings. The van der Waals surface area contributed by atoms with Gasteiger partial charge in [0.15, 0.2) is 0 Å². The summed E-state index contributed by atoms with van der Waals surface area (Å²) in [5.74, 6) is 3.95. The van der Waals surface area contributed by atoms with E-state index in [-0.39, 0.29) is 47.4 Å². The smallest absolute Gasteiger partial charge is 0.279 e. The molecule has 6 N–H and O–H groups in total. The summed E-state index contributed by atoms with van der Waals surface area (Å²) in [4.78, 5) is 33.0. The molecule has 2 amide bonds. The summed E-state index contributed by atoms with van der Waals surface area (Å²) in [7, 11) is 0. The standard InChI is InChI=1S/C29H35F2N7O2/c1-4-5-6-23(18-7-9-19(10-8-18)28(39)34-15-24(32)36-37-33)38-27(25-16(2)11-17(25)3)35-26(29(38)40)20-12-21(30)14-22(31)13-20/h7-10,12-14,16-17,23,37H,4-6,11,15,33H2,1-3H3,(H2,32,36)(H,34,39)/t16?,17?,23-/m1/s1. The highest BCUT2D eigenvalue weighted by Gasteiger charge is 2.42. The Kier molecular flexibility index (Phi) is 8.93. The van der Waals surface area contributed by atoms with Crippen molar-refractivity contribution in [1.82, 2.24) is 15.8 Å². The molecule has 2 aromatic carbocycles. The van der Waals surface area contributed by atoms with E-state index in [2.05, 4.69) is 36.7 Å². The number of allylic oxidation sites excluding steroid dienone is 1. The topological polar surface area (TPSA) is 138 Å². The molecule has 3 atom stereocenters. The number of hydrogen-bond acceptors (Lipinski definition) is 6. The van der Waals surface area contributed by atoms with Gasteiger partial charge in [0.25, 0.3) is 11.8 Å². The molecule has 0 radical (unpaired) electrons. The van der Waals surface area contributed by atoms with E-state index in [0.29, 0.717) is 17.8 Å². The molecule has 11 heteroatoms. The summed E-state index contributed by atoms with van der Waals surface area (Å²) < 4.78 is 28.2. The number of halogens is 2. The van der Waals surface area contributed by atoms with Crippen LogP contribution in [0, 0.1) is 23.5 Å². The molecular weight excluding hydrogens is 516 g/mol. The van der Waals surface area contributed by atoms with Gasteiger partial charge in [0, 0.05) is 17.2 Å². The lowest BCUT2D eigenvalue weighted by atomic mass is 9.71. The SMILES string of the molecule is CCCC[C@H](c1ccc(C(=O)NC/C(N)=N/NN)cc1)N1C(=O)C(c2cc(F)cc(F)c2)=NC1=C1C(C)CC1C. The molecule has 0 aromatic heterocycles. The molecule has 2 aliphatic rings. The van der Waals surface area contributed by atoms with Crippen LogP contribution in [0.5, 0.6) is 0 Å². The number of carbonyl (C=O) groups excluding carboxylic acids is 2. The zero-order chi connectivity index (χ0) is 29.0. The van der Waals surface area contributed by atoms with Crippen molar-refractivity contribution in [3.8, 4) is 0 Å². The molecule has 0 spiro atoms. The minimum Gasteiger partial charge on any atom is -0.384 e. The van der Waals surface area contributed by atoms with E-state index in [0.717, 1.165) is 48.6 Å². The van der Waals surface area contributed by atoms with Gasteiger partial charge >= 0.3 is 0 Å². The highest BCUT2D eigenvalue weighted by molar-refractivity contribution is 6.47. The quantitative estimate of drug-likeness (QED) is 0.154. The Hall–Kier alpha value is -4.12. The number of nitrogens with one attached hydrogen (secondary N) is 2. The van der Waals surface area contributed by atoms with E-state index in [1.165, 1.54) is 0 Å². The number of benzene rings is 2. The average molecular weight is 552 g/mol. The van der Waals surface area contributed by atoms with E-state index >= 15 is 0 Å². The third-order valence-electron chi connectivity index (χ3n) is 7.37. The molecule has 40 heavy (non-hydrogen) atoms. The molecule has 4 rings (SSSR count).